The zero-order valence-electron chi connectivity index (χ0n) is 3.43. The van der Waals surface area contributed by atoms with Crippen LogP contribution in [0.5, 0.6) is 0 Å². The standard InChI is InChI=1S/Ag.Au.Co.Cu.Ir.Os.Pt.Rh.Ru.Sn. The molecule has 0 atom stereocenters. The first-order valence-electron chi connectivity index (χ1n) is 0. The molecular weight excluding hydrogens is 1330 g/mol. The van der Waals surface area contributed by atoms with Gasteiger partial charge in [-0.15, -0.1) is 0 Å². The van der Waals surface area contributed by atoms with E-state index in [9.17, 15) is 0 Å². The maximum atomic E-state index is 0. The monoisotopic (exact) mass is 1330 g/mol. The fraction of sp³-hybridized carbons (Fsp3) is 0. The summed E-state index contributed by atoms with van der Waals surface area (Å²) >= 11 is 0. The van der Waals surface area contributed by atoms with Gasteiger partial charge in [-0.1, -0.05) is 0 Å². The van der Waals surface area contributed by atoms with Crippen LogP contribution in [0.25, 0.3) is 0 Å². The topological polar surface area (TPSA) is 0 Å². The molecule has 0 N–H and O–H groups in total. The summed E-state index contributed by atoms with van der Waals surface area (Å²) in [5, 5.41) is 0. The molecule has 0 fully saturated rings. The molecule has 0 aromatic heterocycles. The molecule has 0 saturated carbocycles. The van der Waals surface area contributed by atoms with Crippen LogP contribution < -0.4 is 0 Å². The van der Waals surface area contributed by atoms with Crippen molar-refractivity contribution in [3.05, 3.63) is 0 Å². The Morgan fingerprint density at radius 2 is 1.00 bits per heavy atom. The Bertz CT molecular complexity index is 33.2. The normalized spacial score (nSPS) is 0. The first kappa shape index (κ1) is 93.5. The van der Waals surface area contributed by atoms with Crippen molar-refractivity contribution in [2.24, 2.45) is 0 Å². The van der Waals surface area contributed by atoms with Gasteiger partial charge in [-0.05, 0) is 0 Å². The Morgan fingerprint density at radius 1 is 1.00 bits per heavy atom. The van der Waals surface area contributed by atoms with E-state index in [1.807, 2.05) is 0 Å². The van der Waals surface area contributed by atoms with E-state index >= 15 is 0 Å². The maximum absolute atomic E-state index is 0. The molecule has 0 aromatic rings. The van der Waals surface area contributed by atoms with Crippen molar-refractivity contribution < 1.29 is 179 Å². The summed E-state index contributed by atoms with van der Waals surface area (Å²) in [6.45, 7) is 0. The van der Waals surface area contributed by atoms with Gasteiger partial charge in [0.2, 0.25) is 0 Å². The molecule has 0 saturated heterocycles. The van der Waals surface area contributed by atoms with Crippen molar-refractivity contribution in [1.82, 2.24) is 0 Å². The summed E-state index contributed by atoms with van der Waals surface area (Å²) in [5.41, 5.74) is 0. The average molecular weight is 1330 g/mol. The summed E-state index contributed by atoms with van der Waals surface area (Å²) in [6, 6.07) is 0. The smallest absolute Gasteiger partial charge is 0 e. The molecule has 10 heavy (non-hydrogen) atoms. The van der Waals surface area contributed by atoms with Gasteiger partial charge in [-0.3, -0.25) is 0 Å². The van der Waals surface area contributed by atoms with E-state index in [2.05, 4.69) is 0 Å². The van der Waals surface area contributed by atoms with Crippen LogP contribution in [0.2, 0.25) is 0 Å². The van der Waals surface area contributed by atoms with E-state index in [1.54, 1.807) is 0 Å². The van der Waals surface area contributed by atoms with Crippen LogP contribution in [0, 0.1) is 0 Å². The third kappa shape index (κ3) is 62.4. The van der Waals surface area contributed by atoms with E-state index in [1.165, 1.54) is 0 Å². The molecule has 0 aliphatic rings. The van der Waals surface area contributed by atoms with E-state index in [0.717, 1.165) is 0 Å². The van der Waals surface area contributed by atoms with Crippen molar-refractivity contribution >= 4 is 23.9 Å². The minimum atomic E-state index is 0. The minimum absolute atomic E-state index is 0. The van der Waals surface area contributed by atoms with Crippen molar-refractivity contribution in [1.29, 1.82) is 0 Å². The van der Waals surface area contributed by atoms with Gasteiger partial charge in [0.25, 0.3) is 0 Å². The predicted molar refractivity (Wildman–Crippen MR) is 5.75 cm³/mol. The van der Waals surface area contributed by atoms with Crippen LogP contribution in [0.3, 0.4) is 0 Å². The average Bonchev–Trinajstić information content (AvgIpc) is 0. The van der Waals surface area contributed by atoms with Gasteiger partial charge in [0.05, 0.1) is 0 Å². The molecule has 0 bridgehead atoms. The van der Waals surface area contributed by atoms with E-state index in [-0.39, 0.29) is 202 Å². The third-order valence-electron chi connectivity index (χ3n) is 0. The Morgan fingerprint density at radius 3 is 1.00 bits per heavy atom. The van der Waals surface area contributed by atoms with Crippen LogP contribution >= 0.6 is 0 Å². The molecule has 0 amide bonds. The zero-order valence-corrected chi connectivity index (χ0v) is 22.5. The number of hydrogen-bond donors (Lipinski definition) is 0. The molecule has 0 aliphatic carbocycles. The zero-order chi connectivity index (χ0) is 0. The molecule has 0 aliphatic heterocycles. The SMILES string of the molecule is [Ag].[Au].[Co].[Cu].[Ir].[Os].[Pt].[Rh].[Ru].[Sn]. The molecule has 0 heterocycles. The van der Waals surface area contributed by atoms with Crippen LogP contribution in [0.4, 0.5) is 0 Å². The Kier molecular flexibility index (Phi) is 720. The summed E-state index contributed by atoms with van der Waals surface area (Å²) < 4.78 is 0. The molecule has 0 spiro atoms. The van der Waals surface area contributed by atoms with Crippen LogP contribution in [0.15, 0.2) is 0 Å². The van der Waals surface area contributed by atoms with Crippen LogP contribution in [0.1, 0.15) is 0 Å². The summed E-state index contributed by atoms with van der Waals surface area (Å²) in [7, 11) is 0. The first-order chi connectivity index (χ1) is 0. The van der Waals surface area contributed by atoms with E-state index in [4.69, 9.17) is 0 Å². The molecule has 0 nitrogen and oxygen atoms in total. The van der Waals surface area contributed by atoms with Crippen molar-refractivity contribution in [2.75, 3.05) is 0 Å². The van der Waals surface area contributed by atoms with Gasteiger partial charge in [-0.2, -0.15) is 0 Å². The molecule has 10 radical (unpaired) electrons. The molecule has 0 aromatic carbocycles. The molecule has 10 heteroatoms. The Labute approximate surface area is 197 Å². The quantitative estimate of drug-likeness (QED) is 0.291. The largest absolute Gasteiger partial charge is 0 e. The van der Waals surface area contributed by atoms with E-state index < -0.39 is 0 Å². The van der Waals surface area contributed by atoms with Crippen molar-refractivity contribution in [2.45, 2.75) is 0 Å². The second-order valence-corrected chi connectivity index (χ2v) is 0. The van der Waals surface area contributed by atoms with Gasteiger partial charge in [-0.25, -0.2) is 0 Å². The number of rotatable bonds is 0. The fourth-order valence-corrected chi connectivity index (χ4v) is 0. The third-order valence-corrected chi connectivity index (χ3v) is 0. The van der Waals surface area contributed by atoms with Gasteiger partial charge >= 0.3 is 0 Å². The van der Waals surface area contributed by atoms with Crippen LogP contribution in [-0.4, -0.2) is 23.9 Å². The molecule has 0 rings (SSSR count). The number of hydrogen-bond acceptors (Lipinski definition) is 0. The van der Waals surface area contributed by atoms with Gasteiger partial charge in [0.15, 0.2) is 0 Å². The van der Waals surface area contributed by atoms with E-state index in [0.29, 0.717) is 0 Å². The van der Waals surface area contributed by atoms with Gasteiger partial charge in [0.1, 0.15) is 0 Å². The minimum Gasteiger partial charge on any atom is 0 e. The first-order valence-corrected chi connectivity index (χ1v) is 0. The summed E-state index contributed by atoms with van der Waals surface area (Å²) in [4.78, 5) is 0. The molecule has 90 valence electrons. The Hall–Kier alpha value is 6.53. The van der Waals surface area contributed by atoms with Crippen LogP contribution in [-0.2, 0) is 179 Å². The Balaban J connectivity index is 0. The maximum Gasteiger partial charge on any atom is 0 e. The van der Waals surface area contributed by atoms with Crippen molar-refractivity contribution in [3.63, 3.8) is 0 Å². The predicted octanol–water partition coefficient (Wildman–Crippen LogP) is -0.403. The van der Waals surface area contributed by atoms with Crippen molar-refractivity contribution in [3.8, 4) is 0 Å². The van der Waals surface area contributed by atoms with Gasteiger partial charge < -0.3 is 0 Å². The second-order valence-electron chi connectivity index (χ2n) is 0. The fourth-order valence-electron chi connectivity index (χ4n) is 0. The summed E-state index contributed by atoms with van der Waals surface area (Å²) in [6.07, 6.45) is 0. The molecular formula is AgAuCoCuIrOsPtRhRuSn. The summed E-state index contributed by atoms with van der Waals surface area (Å²) in [5.74, 6) is 0. The molecule has 0 unspecified atom stereocenters. The van der Waals surface area contributed by atoms with Gasteiger partial charge in [0, 0.05) is 202 Å². The second kappa shape index (κ2) is 76.9.